The second-order valence-electron chi connectivity index (χ2n) is 7.11. The lowest BCUT2D eigenvalue weighted by molar-refractivity contribution is -0.125. The molecular weight excluding hydrogens is 332 g/mol. The smallest absolute Gasteiger partial charge is 0.246 e. The number of carbonyl (C=O) groups excluding carboxylic acids is 1. The molecule has 2 aromatic rings. The average Bonchev–Trinajstić information content (AvgIpc) is 3.26. The number of hydrogen-bond acceptors (Lipinski definition) is 5. The Bertz CT molecular complexity index is 812. The summed E-state index contributed by atoms with van der Waals surface area (Å²) in [4.78, 5) is 25.7. The van der Waals surface area contributed by atoms with E-state index < -0.39 is 0 Å². The van der Waals surface area contributed by atoms with Crippen LogP contribution >= 0.6 is 0 Å². The molecule has 0 aromatic carbocycles. The van der Waals surface area contributed by atoms with Crippen LogP contribution in [0.5, 0.6) is 5.88 Å². The minimum Gasteiger partial charge on any atom is -0.472 e. The number of aromatic amines is 1. The summed E-state index contributed by atoms with van der Waals surface area (Å²) >= 11 is 0. The van der Waals surface area contributed by atoms with Crippen LogP contribution in [0.4, 0.5) is 0 Å². The molecule has 138 valence electrons. The Hall–Kier alpha value is -2.41. The normalized spacial score (nSPS) is 24.1. The number of fused-ring (bicyclic) bond motifs is 1. The molecular formula is C19H24N4O3. The van der Waals surface area contributed by atoms with Gasteiger partial charge in [-0.25, -0.2) is 9.97 Å². The van der Waals surface area contributed by atoms with Gasteiger partial charge in [0.15, 0.2) is 0 Å². The van der Waals surface area contributed by atoms with E-state index in [-0.39, 0.29) is 17.9 Å². The molecule has 0 bridgehead atoms. The highest BCUT2D eigenvalue weighted by atomic mass is 16.5. The predicted molar refractivity (Wildman–Crippen MR) is 97.0 cm³/mol. The fourth-order valence-corrected chi connectivity index (χ4v) is 3.92. The lowest BCUT2D eigenvalue weighted by atomic mass is 9.92. The zero-order valence-electron chi connectivity index (χ0n) is 15.0. The molecule has 2 aliphatic rings. The summed E-state index contributed by atoms with van der Waals surface area (Å²) in [6.45, 7) is 8.44. The van der Waals surface area contributed by atoms with Gasteiger partial charge in [-0.05, 0) is 30.4 Å². The van der Waals surface area contributed by atoms with E-state index in [2.05, 4.69) is 28.5 Å². The van der Waals surface area contributed by atoms with Crippen molar-refractivity contribution in [3.8, 4) is 5.88 Å². The third-order valence-corrected chi connectivity index (χ3v) is 5.42. The van der Waals surface area contributed by atoms with Crippen molar-refractivity contribution in [1.82, 2.24) is 19.9 Å². The molecule has 0 aliphatic carbocycles. The average molecular weight is 356 g/mol. The first-order valence-corrected chi connectivity index (χ1v) is 9.15. The molecule has 0 radical (unpaired) electrons. The van der Waals surface area contributed by atoms with Crippen LogP contribution in [-0.2, 0) is 9.53 Å². The second-order valence-corrected chi connectivity index (χ2v) is 7.11. The van der Waals surface area contributed by atoms with Gasteiger partial charge in [-0.15, -0.1) is 0 Å². The molecule has 7 nitrogen and oxygen atoms in total. The molecule has 4 rings (SSSR count). The van der Waals surface area contributed by atoms with E-state index in [0.29, 0.717) is 24.9 Å². The second kappa shape index (κ2) is 7.07. The van der Waals surface area contributed by atoms with E-state index in [4.69, 9.17) is 9.47 Å². The van der Waals surface area contributed by atoms with Crippen molar-refractivity contribution in [3.63, 3.8) is 0 Å². The maximum absolute atomic E-state index is 11.9. The van der Waals surface area contributed by atoms with E-state index in [1.807, 2.05) is 6.20 Å². The van der Waals surface area contributed by atoms with Crippen molar-refractivity contribution in [2.45, 2.75) is 31.8 Å². The number of amides is 1. The molecule has 2 aromatic heterocycles. The number of nitrogens with one attached hydrogen (secondary N) is 1. The largest absolute Gasteiger partial charge is 0.472 e. The van der Waals surface area contributed by atoms with Crippen molar-refractivity contribution in [2.24, 2.45) is 5.92 Å². The Balaban J connectivity index is 1.61. The highest BCUT2D eigenvalue weighted by Crippen LogP contribution is 2.36. The Morgan fingerprint density at radius 1 is 1.38 bits per heavy atom. The summed E-state index contributed by atoms with van der Waals surface area (Å²) in [5.74, 6) is 1.20. The first-order chi connectivity index (χ1) is 12.7. The van der Waals surface area contributed by atoms with Crippen molar-refractivity contribution in [1.29, 1.82) is 0 Å². The van der Waals surface area contributed by atoms with E-state index >= 15 is 0 Å². The van der Waals surface area contributed by atoms with Gasteiger partial charge in [0, 0.05) is 31.9 Å². The molecule has 26 heavy (non-hydrogen) atoms. The van der Waals surface area contributed by atoms with Crippen molar-refractivity contribution < 1.29 is 14.3 Å². The first kappa shape index (κ1) is 17.0. The number of hydrogen-bond donors (Lipinski definition) is 1. The SMILES string of the molecule is C=CC(=O)N1C[C@@H](C)[C@@H](Oc2ncnc3[nH]cc(C4CCOCC4)c23)C1. The van der Waals surface area contributed by atoms with Crippen LogP contribution in [0.15, 0.2) is 25.2 Å². The minimum atomic E-state index is -0.0885. The van der Waals surface area contributed by atoms with E-state index in [1.54, 1.807) is 4.90 Å². The van der Waals surface area contributed by atoms with E-state index in [9.17, 15) is 4.79 Å². The fourth-order valence-electron chi connectivity index (χ4n) is 3.92. The van der Waals surface area contributed by atoms with Crippen LogP contribution < -0.4 is 4.74 Å². The standard InChI is InChI=1S/C19H24N4O3/c1-3-16(24)23-9-12(2)15(10-23)26-19-17-14(13-4-6-25-7-5-13)8-20-18(17)21-11-22-19/h3,8,11-13,15H,1,4-7,9-10H2,2H3,(H,20,21,22)/t12-,15+/m1/s1. The van der Waals surface area contributed by atoms with Gasteiger partial charge in [0.05, 0.1) is 11.9 Å². The van der Waals surface area contributed by atoms with Gasteiger partial charge >= 0.3 is 0 Å². The van der Waals surface area contributed by atoms with E-state index in [0.717, 1.165) is 37.1 Å². The monoisotopic (exact) mass is 356 g/mol. The van der Waals surface area contributed by atoms with Gasteiger partial charge in [0.2, 0.25) is 11.8 Å². The first-order valence-electron chi connectivity index (χ1n) is 9.15. The van der Waals surface area contributed by atoms with Crippen molar-refractivity contribution >= 4 is 16.9 Å². The molecule has 2 aliphatic heterocycles. The van der Waals surface area contributed by atoms with Gasteiger partial charge in [-0.1, -0.05) is 13.5 Å². The summed E-state index contributed by atoms with van der Waals surface area (Å²) in [6, 6.07) is 0. The number of nitrogens with zero attached hydrogens (tertiary/aromatic N) is 3. The molecule has 2 saturated heterocycles. The highest BCUT2D eigenvalue weighted by molar-refractivity contribution is 5.87. The summed E-state index contributed by atoms with van der Waals surface area (Å²) in [5.41, 5.74) is 1.99. The summed E-state index contributed by atoms with van der Waals surface area (Å²) in [6.07, 6.45) is 6.79. The Morgan fingerprint density at radius 2 is 2.19 bits per heavy atom. The molecule has 0 spiro atoms. The van der Waals surface area contributed by atoms with Crippen LogP contribution in [0, 0.1) is 5.92 Å². The Morgan fingerprint density at radius 3 is 2.96 bits per heavy atom. The maximum atomic E-state index is 11.9. The van der Waals surface area contributed by atoms with Crippen molar-refractivity contribution in [2.75, 3.05) is 26.3 Å². The number of ether oxygens (including phenoxy) is 2. The zero-order valence-corrected chi connectivity index (χ0v) is 15.0. The molecule has 1 amide bonds. The van der Waals surface area contributed by atoms with Gasteiger partial charge in [0.1, 0.15) is 18.1 Å². The molecule has 2 atom stereocenters. The molecule has 7 heteroatoms. The van der Waals surface area contributed by atoms with Crippen LogP contribution in [0.3, 0.4) is 0 Å². The Kier molecular flexibility index (Phi) is 4.63. The number of aromatic nitrogens is 3. The molecule has 4 heterocycles. The van der Waals surface area contributed by atoms with Crippen LogP contribution in [0.1, 0.15) is 31.2 Å². The molecule has 1 N–H and O–H groups in total. The maximum Gasteiger partial charge on any atom is 0.246 e. The molecule has 0 unspecified atom stereocenters. The predicted octanol–water partition coefficient (Wildman–Crippen LogP) is 2.26. The summed E-state index contributed by atoms with van der Waals surface area (Å²) < 4.78 is 11.8. The lowest BCUT2D eigenvalue weighted by Crippen LogP contribution is -2.29. The van der Waals surface area contributed by atoms with Crippen LogP contribution in [-0.4, -0.2) is 58.2 Å². The van der Waals surface area contributed by atoms with Gasteiger partial charge in [-0.2, -0.15) is 0 Å². The fraction of sp³-hybridized carbons (Fsp3) is 0.526. The van der Waals surface area contributed by atoms with E-state index in [1.165, 1.54) is 18.0 Å². The lowest BCUT2D eigenvalue weighted by Gasteiger charge is -2.22. The third kappa shape index (κ3) is 3.07. The Labute approximate surface area is 152 Å². The molecule has 2 fully saturated rings. The highest BCUT2D eigenvalue weighted by Gasteiger charge is 2.34. The zero-order chi connectivity index (χ0) is 18.1. The quantitative estimate of drug-likeness (QED) is 0.850. The van der Waals surface area contributed by atoms with Crippen LogP contribution in [0.2, 0.25) is 0 Å². The number of likely N-dealkylation sites (tertiary alicyclic amines) is 1. The third-order valence-electron chi connectivity index (χ3n) is 5.42. The summed E-state index contributed by atoms with van der Waals surface area (Å²) in [5, 5.41) is 0.958. The summed E-state index contributed by atoms with van der Waals surface area (Å²) in [7, 11) is 0. The number of carbonyl (C=O) groups is 1. The topological polar surface area (TPSA) is 80.3 Å². The van der Waals surface area contributed by atoms with Gasteiger partial charge < -0.3 is 19.4 Å². The van der Waals surface area contributed by atoms with Gasteiger partial charge in [0.25, 0.3) is 0 Å². The van der Waals surface area contributed by atoms with Crippen LogP contribution in [0.25, 0.3) is 11.0 Å². The number of H-pyrrole nitrogens is 1. The molecule has 0 saturated carbocycles. The minimum absolute atomic E-state index is 0.0553. The van der Waals surface area contributed by atoms with Crippen molar-refractivity contribution in [3.05, 3.63) is 30.7 Å². The van der Waals surface area contributed by atoms with Gasteiger partial charge in [-0.3, -0.25) is 4.79 Å². The number of rotatable bonds is 4.